The van der Waals surface area contributed by atoms with E-state index >= 15 is 0 Å². The van der Waals surface area contributed by atoms with Crippen molar-refractivity contribution in [1.82, 2.24) is 0 Å². The molecule has 0 amide bonds. The summed E-state index contributed by atoms with van der Waals surface area (Å²) in [6, 6.07) is 0. The molecule has 2 unspecified atom stereocenters. The van der Waals surface area contributed by atoms with Crippen molar-refractivity contribution in [1.29, 1.82) is 0 Å². The zero-order valence-corrected chi connectivity index (χ0v) is 8.89. The lowest BCUT2D eigenvalue weighted by atomic mass is 10.0. The van der Waals surface area contributed by atoms with Gasteiger partial charge in [-0.05, 0) is 25.2 Å². The fourth-order valence-electron chi connectivity index (χ4n) is 2.08. The van der Waals surface area contributed by atoms with E-state index in [1.165, 1.54) is 0 Å². The first-order chi connectivity index (χ1) is 5.50. The molecule has 0 N–H and O–H groups in total. The smallest absolute Gasteiger partial charge is 0.156 e. The van der Waals surface area contributed by atoms with Gasteiger partial charge in [-0.25, -0.2) is 8.42 Å². The van der Waals surface area contributed by atoms with Gasteiger partial charge in [0.05, 0.1) is 10.5 Å². The Morgan fingerprint density at radius 1 is 1.33 bits per heavy atom. The molecule has 0 spiro atoms. The minimum absolute atomic E-state index is 0.0510. The Hall–Kier alpha value is -0.0500. The molecule has 0 aromatic rings. The second-order valence-corrected chi connectivity index (χ2v) is 6.43. The van der Waals surface area contributed by atoms with Crippen LogP contribution in [0.25, 0.3) is 0 Å². The van der Waals surface area contributed by atoms with Crippen molar-refractivity contribution in [2.75, 3.05) is 0 Å². The Morgan fingerprint density at radius 2 is 1.92 bits per heavy atom. The van der Waals surface area contributed by atoms with E-state index in [0.29, 0.717) is 0 Å². The van der Waals surface area contributed by atoms with Gasteiger partial charge in [0.1, 0.15) is 0 Å². The van der Waals surface area contributed by atoms with E-state index in [4.69, 9.17) is 0 Å². The first-order valence-electron chi connectivity index (χ1n) is 4.72. The average Bonchev–Trinajstić information content (AvgIpc) is 2.24. The van der Waals surface area contributed by atoms with Gasteiger partial charge in [0.15, 0.2) is 9.84 Å². The maximum absolute atomic E-state index is 11.8. The molecule has 1 heterocycles. The standard InChI is InChI=1S/C9H18O2S/c1-4-8-5-6-9(7(2)3)12(8,10)11/h7-9H,4-6H2,1-3H3. The lowest BCUT2D eigenvalue weighted by Gasteiger charge is -2.15. The lowest BCUT2D eigenvalue weighted by molar-refractivity contribution is 0.538. The minimum atomic E-state index is -2.78. The third-order valence-electron chi connectivity index (χ3n) is 2.86. The second-order valence-electron chi connectivity index (χ2n) is 3.98. The highest BCUT2D eigenvalue weighted by Gasteiger charge is 2.40. The van der Waals surface area contributed by atoms with Crippen molar-refractivity contribution in [3.05, 3.63) is 0 Å². The van der Waals surface area contributed by atoms with E-state index < -0.39 is 9.84 Å². The molecule has 0 bridgehead atoms. The molecule has 0 aromatic carbocycles. The summed E-state index contributed by atoms with van der Waals surface area (Å²) in [5, 5.41) is -0.118. The highest BCUT2D eigenvalue weighted by Crippen LogP contribution is 2.33. The van der Waals surface area contributed by atoms with Crippen molar-refractivity contribution in [2.45, 2.75) is 50.5 Å². The first kappa shape index (κ1) is 10.0. The van der Waals surface area contributed by atoms with Crippen molar-refractivity contribution >= 4 is 9.84 Å². The lowest BCUT2D eigenvalue weighted by Crippen LogP contribution is -2.26. The first-order valence-corrected chi connectivity index (χ1v) is 6.33. The largest absolute Gasteiger partial charge is 0.228 e. The van der Waals surface area contributed by atoms with Crippen molar-refractivity contribution in [2.24, 2.45) is 5.92 Å². The highest BCUT2D eigenvalue weighted by atomic mass is 32.2. The summed E-state index contributed by atoms with van der Waals surface area (Å²) in [5.74, 6) is 0.284. The summed E-state index contributed by atoms with van der Waals surface area (Å²) in [4.78, 5) is 0. The molecule has 1 aliphatic rings. The van der Waals surface area contributed by atoms with Gasteiger partial charge in [-0.15, -0.1) is 0 Å². The van der Waals surface area contributed by atoms with E-state index in [1.54, 1.807) is 0 Å². The summed E-state index contributed by atoms with van der Waals surface area (Å²) in [6.45, 7) is 5.96. The van der Waals surface area contributed by atoms with Crippen LogP contribution in [-0.4, -0.2) is 18.9 Å². The van der Waals surface area contributed by atoms with Crippen LogP contribution in [-0.2, 0) is 9.84 Å². The fourth-order valence-corrected chi connectivity index (χ4v) is 4.72. The summed E-state index contributed by atoms with van der Waals surface area (Å²) < 4.78 is 23.5. The van der Waals surface area contributed by atoms with Gasteiger partial charge in [0.25, 0.3) is 0 Å². The maximum Gasteiger partial charge on any atom is 0.156 e. The van der Waals surface area contributed by atoms with E-state index in [2.05, 4.69) is 0 Å². The van der Waals surface area contributed by atoms with Crippen molar-refractivity contribution in [3.8, 4) is 0 Å². The quantitative estimate of drug-likeness (QED) is 0.667. The molecular formula is C9H18O2S. The van der Waals surface area contributed by atoms with E-state index in [1.807, 2.05) is 20.8 Å². The van der Waals surface area contributed by atoms with Crippen LogP contribution in [0, 0.1) is 5.92 Å². The topological polar surface area (TPSA) is 34.1 Å². The fraction of sp³-hybridized carbons (Fsp3) is 1.00. The Kier molecular flexibility index (Phi) is 2.81. The molecule has 0 saturated carbocycles. The normalized spacial score (nSPS) is 34.3. The van der Waals surface area contributed by atoms with Crippen LogP contribution in [0.4, 0.5) is 0 Å². The summed E-state index contributed by atoms with van der Waals surface area (Å²) in [7, 11) is -2.78. The Bertz CT molecular complexity index is 241. The van der Waals surface area contributed by atoms with Gasteiger partial charge in [0.2, 0.25) is 0 Å². The Balaban J connectivity index is 2.86. The third kappa shape index (κ3) is 1.51. The van der Waals surface area contributed by atoms with Gasteiger partial charge in [-0.3, -0.25) is 0 Å². The molecule has 1 aliphatic heterocycles. The number of hydrogen-bond donors (Lipinski definition) is 0. The van der Waals surface area contributed by atoms with Crippen LogP contribution in [0.1, 0.15) is 40.0 Å². The summed E-state index contributed by atoms with van der Waals surface area (Å²) in [6.07, 6.45) is 2.53. The molecule has 0 aliphatic carbocycles. The van der Waals surface area contributed by atoms with Crippen LogP contribution < -0.4 is 0 Å². The Labute approximate surface area is 75.3 Å². The molecule has 72 valence electrons. The van der Waals surface area contributed by atoms with Gasteiger partial charge >= 0.3 is 0 Å². The highest BCUT2D eigenvalue weighted by molar-refractivity contribution is 7.92. The van der Waals surface area contributed by atoms with Gasteiger partial charge in [-0.1, -0.05) is 20.8 Å². The molecule has 2 atom stereocenters. The van der Waals surface area contributed by atoms with Crippen molar-refractivity contribution in [3.63, 3.8) is 0 Å². The van der Waals surface area contributed by atoms with Crippen LogP contribution in [0.5, 0.6) is 0 Å². The third-order valence-corrected chi connectivity index (χ3v) is 5.98. The second kappa shape index (κ2) is 3.36. The van der Waals surface area contributed by atoms with Gasteiger partial charge in [-0.2, -0.15) is 0 Å². The van der Waals surface area contributed by atoms with Crippen LogP contribution in [0.15, 0.2) is 0 Å². The number of hydrogen-bond acceptors (Lipinski definition) is 2. The van der Waals surface area contributed by atoms with E-state index in [-0.39, 0.29) is 16.4 Å². The molecule has 12 heavy (non-hydrogen) atoms. The minimum Gasteiger partial charge on any atom is -0.228 e. The molecule has 1 saturated heterocycles. The van der Waals surface area contributed by atoms with Crippen LogP contribution >= 0.6 is 0 Å². The zero-order chi connectivity index (χ0) is 9.35. The predicted octanol–water partition coefficient (Wildman–Crippen LogP) is 2.00. The van der Waals surface area contributed by atoms with Gasteiger partial charge < -0.3 is 0 Å². The van der Waals surface area contributed by atoms with E-state index in [0.717, 1.165) is 19.3 Å². The van der Waals surface area contributed by atoms with Gasteiger partial charge in [0, 0.05) is 0 Å². The SMILES string of the molecule is CCC1CCC(C(C)C)S1(=O)=O. The molecule has 0 radical (unpaired) electrons. The van der Waals surface area contributed by atoms with Crippen LogP contribution in [0.3, 0.4) is 0 Å². The molecule has 1 rings (SSSR count). The van der Waals surface area contributed by atoms with Crippen LogP contribution in [0.2, 0.25) is 0 Å². The molecule has 1 fully saturated rings. The zero-order valence-electron chi connectivity index (χ0n) is 8.08. The molecule has 2 nitrogen and oxygen atoms in total. The number of sulfone groups is 1. The Morgan fingerprint density at radius 3 is 2.17 bits per heavy atom. The predicted molar refractivity (Wildman–Crippen MR) is 50.9 cm³/mol. The summed E-state index contributed by atoms with van der Waals surface area (Å²) >= 11 is 0. The number of rotatable bonds is 2. The molecule has 0 aromatic heterocycles. The summed E-state index contributed by atoms with van der Waals surface area (Å²) in [5.41, 5.74) is 0. The average molecular weight is 190 g/mol. The van der Waals surface area contributed by atoms with E-state index in [9.17, 15) is 8.42 Å². The maximum atomic E-state index is 11.8. The van der Waals surface area contributed by atoms with Crippen molar-refractivity contribution < 1.29 is 8.42 Å². The monoisotopic (exact) mass is 190 g/mol. The molecule has 3 heteroatoms. The molecular weight excluding hydrogens is 172 g/mol.